The predicted octanol–water partition coefficient (Wildman–Crippen LogP) is 2.65. The van der Waals surface area contributed by atoms with Crippen LogP contribution in [0.4, 0.5) is 20.3 Å². The van der Waals surface area contributed by atoms with Crippen molar-refractivity contribution in [2.24, 2.45) is 0 Å². The van der Waals surface area contributed by atoms with Gasteiger partial charge in [0.25, 0.3) is 5.91 Å². The zero-order valence-electron chi connectivity index (χ0n) is 10.1. The Hall–Kier alpha value is -2.50. The molecular formula is C13H11F2N3O. The van der Waals surface area contributed by atoms with Crippen LogP contribution in [-0.2, 0) is 0 Å². The van der Waals surface area contributed by atoms with Gasteiger partial charge in [-0.25, -0.2) is 13.8 Å². The highest BCUT2D eigenvalue weighted by molar-refractivity contribution is 6.04. The van der Waals surface area contributed by atoms with Gasteiger partial charge in [-0.15, -0.1) is 0 Å². The highest BCUT2D eigenvalue weighted by Crippen LogP contribution is 2.13. The maximum absolute atomic E-state index is 13.0. The molecule has 19 heavy (non-hydrogen) atoms. The third-order valence-corrected chi connectivity index (χ3v) is 2.46. The molecule has 2 rings (SSSR count). The Kier molecular flexibility index (Phi) is 3.70. The number of hydrogen-bond acceptors (Lipinski definition) is 3. The molecule has 0 aliphatic rings. The van der Waals surface area contributed by atoms with Gasteiger partial charge < -0.3 is 10.6 Å². The molecule has 2 N–H and O–H groups in total. The van der Waals surface area contributed by atoms with E-state index in [0.29, 0.717) is 11.5 Å². The summed E-state index contributed by atoms with van der Waals surface area (Å²) in [6, 6.07) is 6.30. The monoisotopic (exact) mass is 263 g/mol. The van der Waals surface area contributed by atoms with Crippen molar-refractivity contribution >= 4 is 17.4 Å². The van der Waals surface area contributed by atoms with Crippen molar-refractivity contribution in [3.05, 3.63) is 53.7 Å². The van der Waals surface area contributed by atoms with E-state index in [2.05, 4.69) is 15.6 Å². The zero-order chi connectivity index (χ0) is 13.8. The fourth-order valence-corrected chi connectivity index (χ4v) is 1.46. The number of anilines is 2. The lowest BCUT2D eigenvalue weighted by Crippen LogP contribution is -2.12. The van der Waals surface area contributed by atoms with E-state index in [9.17, 15) is 13.6 Å². The molecule has 0 fully saturated rings. The Bertz CT molecular complexity index is 599. The lowest BCUT2D eigenvalue weighted by Gasteiger charge is -2.06. The molecule has 6 heteroatoms. The van der Waals surface area contributed by atoms with Crippen LogP contribution in [0.5, 0.6) is 0 Å². The van der Waals surface area contributed by atoms with Crippen LogP contribution >= 0.6 is 0 Å². The Balaban J connectivity index is 2.13. The van der Waals surface area contributed by atoms with Gasteiger partial charge in [-0.05, 0) is 30.3 Å². The van der Waals surface area contributed by atoms with E-state index in [1.165, 1.54) is 12.3 Å². The van der Waals surface area contributed by atoms with Crippen LogP contribution < -0.4 is 10.6 Å². The van der Waals surface area contributed by atoms with E-state index in [0.717, 1.165) is 12.1 Å². The molecule has 0 radical (unpaired) electrons. The average Bonchev–Trinajstić information content (AvgIpc) is 2.42. The SMILES string of the molecule is CNc1ccc(NC(=O)c2ccc(F)c(F)c2)cn1. The molecule has 1 aromatic heterocycles. The number of halogens is 2. The summed E-state index contributed by atoms with van der Waals surface area (Å²) < 4.78 is 25.8. The molecular weight excluding hydrogens is 252 g/mol. The molecule has 98 valence electrons. The van der Waals surface area contributed by atoms with Crippen molar-refractivity contribution in [3.63, 3.8) is 0 Å². The van der Waals surface area contributed by atoms with Crippen molar-refractivity contribution in [1.82, 2.24) is 4.98 Å². The minimum atomic E-state index is -1.06. The predicted molar refractivity (Wildman–Crippen MR) is 68.1 cm³/mol. The van der Waals surface area contributed by atoms with E-state index < -0.39 is 17.5 Å². The van der Waals surface area contributed by atoms with Crippen LogP contribution in [0.25, 0.3) is 0 Å². The van der Waals surface area contributed by atoms with E-state index in [1.54, 1.807) is 19.2 Å². The number of hydrogen-bond donors (Lipinski definition) is 2. The van der Waals surface area contributed by atoms with Crippen LogP contribution in [0.15, 0.2) is 36.5 Å². The van der Waals surface area contributed by atoms with E-state index in [4.69, 9.17) is 0 Å². The Morgan fingerprint density at radius 2 is 1.95 bits per heavy atom. The molecule has 0 bridgehead atoms. The quantitative estimate of drug-likeness (QED) is 0.895. The van der Waals surface area contributed by atoms with Crippen molar-refractivity contribution in [1.29, 1.82) is 0 Å². The second-order valence-electron chi connectivity index (χ2n) is 3.77. The number of nitrogens with one attached hydrogen (secondary N) is 2. The lowest BCUT2D eigenvalue weighted by molar-refractivity contribution is 0.102. The maximum atomic E-state index is 13.0. The Labute approximate surface area is 108 Å². The van der Waals surface area contributed by atoms with Crippen molar-refractivity contribution in [2.45, 2.75) is 0 Å². The minimum Gasteiger partial charge on any atom is -0.373 e. The molecule has 1 aromatic carbocycles. The number of rotatable bonds is 3. The summed E-state index contributed by atoms with van der Waals surface area (Å²) in [4.78, 5) is 15.8. The molecule has 1 amide bonds. The number of pyridine rings is 1. The first-order valence-corrected chi connectivity index (χ1v) is 5.50. The second kappa shape index (κ2) is 5.43. The smallest absolute Gasteiger partial charge is 0.255 e. The van der Waals surface area contributed by atoms with Gasteiger partial charge >= 0.3 is 0 Å². The fourth-order valence-electron chi connectivity index (χ4n) is 1.46. The zero-order valence-corrected chi connectivity index (χ0v) is 10.1. The summed E-state index contributed by atoms with van der Waals surface area (Å²) in [7, 11) is 1.72. The van der Waals surface area contributed by atoms with Gasteiger partial charge in [0.15, 0.2) is 11.6 Å². The van der Waals surface area contributed by atoms with E-state index in [-0.39, 0.29) is 5.56 Å². The molecule has 0 aliphatic carbocycles. The highest BCUT2D eigenvalue weighted by atomic mass is 19.2. The Morgan fingerprint density at radius 1 is 1.16 bits per heavy atom. The highest BCUT2D eigenvalue weighted by Gasteiger charge is 2.10. The number of benzene rings is 1. The van der Waals surface area contributed by atoms with Crippen molar-refractivity contribution in [2.75, 3.05) is 17.7 Å². The van der Waals surface area contributed by atoms with Gasteiger partial charge in [0.2, 0.25) is 0 Å². The van der Waals surface area contributed by atoms with Crippen LogP contribution in [0.1, 0.15) is 10.4 Å². The molecule has 1 heterocycles. The van der Waals surface area contributed by atoms with Crippen molar-refractivity contribution in [3.8, 4) is 0 Å². The molecule has 0 atom stereocenters. The van der Waals surface area contributed by atoms with Gasteiger partial charge in [0, 0.05) is 12.6 Å². The summed E-state index contributed by atoms with van der Waals surface area (Å²) in [6.07, 6.45) is 1.46. The summed E-state index contributed by atoms with van der Waals surface area (Å²) in [5, 5.41) is 5.38. The lowest BCUT2D eigenvalue weighted by atomic mass is 10.2. The first-order valence-electron chi connectivity index (χ1n) is 5.50. The third-order valence-electron chi connectivity index (χ3n) is 2.46. The molecule has 0 spiro atoms. The molecule has 0 saturated heterocycles. The summed E-state index contributed by atoms with van der Waals surface area (Å²) in [5.74, 6) is -1.92. The molecule has 0 unspecified atom stereocenters. The van der Waals surface area contributed by atoms with Crippen molar-refractivity contribution < 1.29 is 13.6 Å². The molecule has 0 aliphatic heterocycles. The van der Waals surface area contributed by atoms with Gasteiger partial charge in [-0.1, -0.05) is 0 Å². The summed E-state index contributed by atoms with van der Waals surface area (Å²) in [6.45, 7) is 0. The number of carbonyl (C=O) groups excluding carboxylic acids is 1. The fraction of sp³-hybridized carbons (Fsp3) is 0.0769. The number of amides is 1. The van der Waals surface area contributed by atoms with Gasteiger partial charge in [-0.3, -0.25) is 4.79 Å². The molecule has 2 aromatic rings. The largest absolute Gasteiger partial charge is 0.373 e. The number of carbonyl (C=O) groups is 1. The normalized spacial score (nSPS) is 10.1. The average molecular weight is 263 g/mol. The van der Waals surface area contributed by atoms with Crippen LogP contribution in [0.3, 0.4) is 0 Å². The number of nitrogens with zero attached hydrogens (tertiary/aromatic N) is 1. The van der Waals surface area contributed by atoms with Crippen LogP contribution in [-0.4, -0.2) is 17.9 Å². The standard InChI is InChI=1S/C13H11F2N3O/c1-16-12-5-3-9(7-17-12)18-13(19)8-2-4-10(14)11(15)6-8/h2-7H,1H3,(H,16,17)(H,18,19). The number of aromatic nitrogens is 1. The molecule has 4 nitrogen and oxygen atoms in total. The van der Waals surface area contributed by atoms with E-state index in [1.807, 2.05) is 0 Å². The summed E-state index contributed by atoms with van der Waals surface area (Å²) in [5.41, 5.74) is 0.505. The van der Waals surface area contributed by atoms with Crippen LogP contribution in [0.2, 0.25) is 0 Å². The minimum absolute atomic E-state index is 0.0385. The molecule has 0 saturated carbocycles. The summed E-state index contributed by atoms with van der Waals surface area (Å²) >= 11 is 0. The van der Waals surface area contributed by atoms with E-state index >= 15 is 0 Å². The topological polar surface area (TPSA) is 54.0 Å². The van der Waals surface area contributed by atoms with Crippen LogP contribution in [0, 0.1) is 11.6 Å². The van der Waals surface area contributed by atoms with Gasteiger partial charge in [0.05, 0.1) is 11.9 Å². The van der Waals surface area contributed by atoms with Gasteiger partial charge in [0.1, 0.15) is 5.82 Å². The van der Waals surface area contributed by atoms with Gasteiger partial charge in [-0.2, -0.15) is 0 Å². The second-order valence-corrected chi connectivity index (χ2v) is 3.77. The third kappa shape index (κ3) is 3.04. The Morgan fingerprint density at radius 3 is 2.53 bits per heavy atom. The maximum Gasteiger partial charge on any atom is 0.255 e. The first kappa shape index (κ1) is 12.9. The first-order chi connectivity index (χ1) is 9.10.